The molecule has 1 aliphatic heterocycles. The quantitative estimate of drug-likeness (QED) is 0.614. The Bertz CT molecular complexity index is 841. The summed E-state index contributed by atoms with van der Waals surface area (Å²) in [5.41, 5.74) is 6.53. The van der Waals surface area contributed by atoms with Gasteiger partial charge in [-0.1, -0.05) is 6.07 Å². The first-order chi connectivity index (χ1) is 10.5. The van der Waals surface area contributed by atoms with E-state index in [9.17, 15) is 14.4 Å². The summed E-state index contributed by atoms with van der Waals surface area (Å²) in [5, 5.41) is 2.66. The lowest BCUT2D eigenvalue weighted by molar-refractivity contribution is -0.136. The van der Waals surface area contributed by atoms with E-state index >= 15 is 0 Å². The van der Waals surface area contributed by atoms with E-state index in [0.29, 0.717) is 28.8 Å². The summed E-state index contributed by atoms with van der Waals surface area (Å²) < 4.78 is 1.46. The minimum Gasteiger partial charge on any atom is -0.398 e. The molecule has 7 nitrogen and oxygen atoms in total. The molecule has 114 valence electrons. The van der Waals surface area contributed by atoms with Gasteiger partial charge in [-0.25, -0.2) is 4.98 Å². The Morgan fingerprint density at radius 2 is 2.14 bits per heavy atom. The second-order valence-electron chi connectivity index (χ2n) is 5.46. The number of carbonyl (C=O) groups is 2. The molecule has 22 heavy (non-hydrogen) atoms. The van der Waals surface area contributed by atoms with E-state index in [1.165, 1.54) is 4.57 Å². The Morgan fingerprint density at radius 1 is 1.36 bits per heavy atom. The van der Waals surface area contributed by atoms with Crippen molar-refractivity contribution in [1.82, 2.24) is 14.9 Å². The van der Waals surface area contributed by atoms with Gasteiger partial charge >= 0.3 is 0 Å². The lowest BCUT2D eigenvalue weighted by atomic mass is 9.98. The fourth-order valence-corrected chi connectivity index (χ4v) is 2.75. The van der Waals surface area contributed by atoms with Crippen LogP contribution in [0.25, 0.3) is 10.9 Å². The largest absolute Gasteiger partial charge is 0.398 e. The third kappa shape index (κ3) is 2.34. The lowest BCUT2D eigenvalue weighted by Crippen LogP contribution is -2.43. The first-order valence-electron chi connectivity index (χ1n) is 7.06. The SMILES string of the molecule is Cc1nc2cccc(N)c2c(=O)n1CC1CCC(=O)NC1=O. The van der Waals surface area contributed by atoms with E-state index in [2.05, 4.69) is 10.3 Å². The lowest BCUT2D eigenvalue weighted by Gasteiger charge is -2.22. The molecule has 1 aromatic carbocycles. The standard InChI is InChI=1S/C15H16N4O3/c1-8-17-11-4-2-3-10(16)13(11)15(22)19(8)7-9-5-6-12(20)18-14(9)21/h2-4,9H,5-7,16H2,1H3,(H,18,20,21). The molecule has 0 bridgehead atoms. The maximum atomic E-state index is 12.7. The summed E-state index contributed by atoms with van der Waals surface area (Å²) in [6.45, 7) is 1.91. The minimum absolute atomic E-state index is 0.195. The van der Waals surface area contributed by atoms with Crippen LogP contribution in [0.5, 0.6) is 0 Å². The Balaban J connectivity index is 2.04. The monoisotopic (exact) mass is 300 g/mol. The molecule has 2 aromatic rings. The number of fused-ring (bicyclic) bond motifs is 1. The van der Waals surface area contributed by atoms with Gasteiger partial charge in [0.25, 0.3) is 5.56 Å². The normalized spacial score (nSPS) is 18.5. The molecule has 1 aliphatic rings. The van der Waals surface area contributed by atoms with Gasteiger partial charge in [0, 0.05) is 18.7 Å². The number of piperidine rings is 1. The van der Waals surface area contributed by atoms with Gasteiger partial charge in [-0.05, 0) is 25.5 Å². The van der Waals surface area contributed by atoms with Crippen molar-refractivity contribution in [2.24, 2.45) is 5.92 Å². The average molecular weight is 300 g/mol. The van der Waals surface area contributed by atoms with Crippen molar-refractivity contribution in [1.29, 1.82) is 0 Å². The molecule has 2 heterocycles. The number of anilines is 1. The summed E-state index contributed by atoms with van der Waals surface area (Å²) in [7, 11) is 0. The van der Waals surface area contributed by atoms with Crippen LogP contribution < -0.4 is 16.6 Å². The van der Waals surface area contributed by atoms with E-state index in [0.717, 1.165) is 0 Å². The highest BCUT2D eigenvalue weighted by atomic mass is 16.2. The fraction of sp³-hybridized carbons (Fsp3) is 0.333. The highest BCUT2D eigenvalue weighted by Gasteiger charge is 2.27. The number of benzene rings is 1. The molecule has 2 amide bonds. The number of nitrogens with zero attached hydrogens (tertiary/aromatic N) is 2. The zero-order valence-electron chi connectivity index (χ0n) is 12.1. The van der Waals surface area contributed by atoms with Crippen LogP contribution in [0.3, 0.4) is 0 Å². The highest BCUT2D eigenvalue weighted by Crippen LogP contribution is 2.18. The van der Waals surface area contributed by atoms with Crippen molar-refractivity contribution < 1.29 is 9.59 Å². The molecule has 3 rings (SSSR count). The molecule has 0 radical (unpaired) electrons. The molecule has 7 heteroatoms. The molecule has 3 N–H and O–H groups in total. The second kappa shape index (κ2) is 5.25. The van der Waals surface area contributed by atoms with E-state index < -0.39 is 5.92 Å². The van der Waals surface area contributed by atoms with Gasteiger partial charge in [-0.3, -0.25) is 24.3 Å². The molecule has 0 aliphatic carbocycles. The Labute approximate surface area is 126 Å². The summed E-state index contributed by atoms with van der Waals surface area (Å²) in [6.07, 6.45) is 0.714. The molecule has 1 atom stereocenters. The number of nitrogen functional groups attached to an aromatic ring is 1. The van der Waals surface area contributed by atoms with E-state index in [4.69, 9.17) is 5.73 Å². The van der Waals surface area contributed by atoms with Crippen molar-refractivity contribution >= 4 is 28.4 Å². The molecule has 1 unspecified atom stereocenters. The summed E-state index contributed by atoms with van der Waals surface area (Å²) in [4.78, 5) is 40.1. The maximum absolute atomic E-state index is 12.7. The second-order valence-corrected chi connectivity index (χ2v) is 5.46. The Kier molecular flexibility index (Phi) is 3.40. The number of hydrogen-bond acceptors (Lipinski definition) is 5. The number of aryl methyl sites for hydroxylation is 1. The van der Waals surface area contributed by atoms with Crippen molar-refractivity contribution in [2.75, 3.05) is 5.73 Å². The van der Waals surface area contributed by atoms with Crippen molar-refractivity contribution in [3.05, 3.63) is 34.4 Å². The van der Waals surface area contributed by atoms with Gasteiger partial charge in [-0.15, -0.1) is 0 Å². The number of nitrogens with two attached hydrogens (primary N) is 1. The average Bonchev–Trinajstić information content (AvgIpc) is 2.45. The Morgan fingerprint density at radius 3 is 2.86 bits per heavy atom. The van der Waals surface area contributed by atoms with Crippen molar-refractivity contribution in [2.45, 2.75) is 26.3 Å². The Hall–Kier alpha value is -2.70. The summed E-state index contributed by atoms with van der Waals surface area (Å²) in [5.74, 6) is -0.513. The van der Waals surface area contributed by atoms with Crippen LogP contribution >= 0.6 is 0 Å². The first kappa shape index (κ1) is 14.2. The van der Waals surface area contributed by atoms with Crippen LogP contribution in [0.4, 0.5) is 5.69 Å². The van der Waals surface area contributed by atoms with E-state index in [1.807, 2.05) is 0 Å². The number of aromatic nitrogens is 2. The van der Waals surface area contributed by atoms with Gasteiger partial charge in [0.1, 0.15) is 5.82 Å². The number of nitrogens with one attached hydrogen (secondary N) is 1. The minimum atomic E-state index is -0.418. The van der Waals surface area contributed by atoms with E-state index in [1.54, 1.807) is 25.1 Å². The third-order valence-electron chi connectivity index (χ3n) is 3.96. The van der Waals surface area contributed by atoms with Crippen molar-refractivity contribution in [3.63, 3.8) is 0 Å². The highest BCUT2D eigenvalue weighted by molar-refractivity contribution is 5.98. The topological polar surface area (TPSA) is 107 Å². The van der Waals surface area contributed by atoms with Gasteiger partial charge in [-0.2, -0.15) is 0 Å². The van der Waals surface area contributed by atoms with Gasteiger partial charge < -0.3 is 5.73 Å². The summed E-state index contributed by atoms with van der Waals surface area (Å²) in [6, 6.07) is 5.13. The summed E-state index contributed by atoms with van der Waals surface area (Å²) >= 11 is 0. The maximum Gasteiger partial charge on any atom is 0.263 e. The van der Waals surface area contributed by atoms with E-state index in [-0.39, 0.29) is 30.3 Å². The van der Waals surface area contributed by atoms with Crippen LogP contribution in [-0.4, -0.2) is 21.4 Å². The molecular weight excluding hydrogens is 284 g/mol. The first-order valence-corrected chi connectivity index (χ1v) is 7.06. The molecular formula is C15H16N4O3. The third-order valence-corrected chi connectivity index (χ3v) is 3.96. The van der Waals surface area contributed by atoms with Crippen LogP contribution in [0.1, 0.15) is 18.7 Å². The number of carbonyl (C=O) groups excluding carboxylic acids is 2. The van der Waals surface area contributed by atoms with Gasteiger partial charge in [0.05, 0.1) is 16.8 Å². The molecule has 0 saturated carbocycles. The van der Waals surface area contributed by atoms with Gasteiger partial charge in [0.15, 0.2) is 0 Å². The van der Waals surface area contributed by atoms with Crippen LogP contribution in [0.2, 0.25) is 0 Å². The van der Waals surface area contributed by atoms with Crippen molar-refractivity contribution in [3.8, 4) is 0 Å². The predicted octanol–water partition coefficient (Wildman–Crippen LogP) is 0.340. The smallest absolute Gasteiger partial charge is 0.263 e. The molecule has 0 spiro atoms. The zero-order chi connectivity index (χ0) is 15.9. The number of amides is 2. The van der Waals surface area contributed by atoms with Crippen LogP contribution in [0.15, 0.2) is 23.0 Å². The number of hydrogen-bond donors (Lipinski definition) is 2. The molecule has 1 saturated heterocycles. The van der Waals surface area contributed by atoms with Crippen LogP contribution in [-0.2, 0) is 16.1 Å². The number of imide groups is 1. The fourth-order valence-electron chi connectivity index (χ4n) is 2.75. The zero-order valence-corrected chi connectivity index (χ0v) is 12.1. The van der Waals surface area contributed by atoms with Crippen LogP contribution in [0, 0.1) is 12.8 Å². The number of rotatable bonds is 2. The predicted molar refractivity (Wildman–Crippen MR) is 81.0 cm³/mol. The molecule has 1 fully saturated rings. The van der Waals surface area contributed by atoms with Gasteiger partial charge in [0.2, 0.25) is 11.8 Å². The molecule has 1 aromatic heterocycles.